The van der Waals surface area contributed by atoms with E-state index in [4.69, 9.17) is 0 Å². The van der Waals surface area contributed by atoms with Crippen LogP contribution >= 0.6 is 0 Å². The van der Waals surface area contributed by atoms with Gasteiger partial charge in [-0.25, -0.2) is 0 Å². The summed E-state index contributed by atoms with van der Waals surface area (Å²) in [7, 11) is 0. The van der Waals surface area contributed by atoms with Gasteiger partial charge in [0.25, 0.3) is 0 Å². The number of benzene rings is 2. The molecule has 0 aliphatic carbocycles. The molecule has 2 nitrogen and oxygen atoms in total. The summed E-state index contributed by atoms with van der Waals surface area (Å²) < 4.78 is 0. The van der Waals surface area contributed by atoms with E-state index in [2.05, 4.69) is 48.9 Å². The van der Waals surface area contributed by atoms with E-state index in [-0.39, 0.29) is 0 Å². The second-order valence-electron chi connectivity index (χ2n) is 4.98. The lowest BCUT2D eigenvalue weighted by molar-refractivity contribution is -0.102. The van der Waals surface area contributed by atoms with Crippen molar-refractivity contribution in [1.82, 2.24) is 5.06 Å². The fraction of sp³-hybridized carbons (Fsp3) is 0.312. The fourth-order valence-corrected chi connectivity index (χ4v) is 2.77. The molecule has 1 saturated heterocycles. The number of rotatable bonds is 3. The molecule has 1 aliphatic heterocycles. The summed E-state index contributed by atoms with van der Waals surface area (Å²) in [5.41, 5.74) is 1.38. The highest BCUT2D eigenvalue weighted by Crippen LogP contribution is 2.23. The van der Waals surface area contributed by atoms with Crippen molar-refractivity contribution in [3.05, 3.63) is 54.4 Å². The van der Waals surface area contributed by atoms with Gasteiger partial charge >= 0.3 is 0 Å². The van der Waals surface area contributed by atoms with Crippen LogP contribution in [0.5, 0.6) is 0 Å². The highest BCUT2D eigenvalue weighted by Gasteiger charge is 2.22. The van der Waals surface area contributed by atoms with Crippen LogP contribution in [-0.2, 0) is 6.42 Å². The third-order valence-electron chi connectivity index (χ3n) is 3.80. The van der Waals surface area contributed by atoms with Gasteiger partial charge in [-0.3, -0.25) is 0 Å². The minimum atomic E-state index is 0.295. The average Bonchev–Trinajstić information content (AvgIpc) is 2.82. The Morgan fingerprint density at radius 2 is 1.94 bits per heavy atom. The summed E-state index contributed by atoms with van der Waals surface area (Å²) in [6, 6.07) is 15.3. The van der Waals surface area contributed by atoms with Gasteiger partial charge in [0, 0.05) is 12.6 Å². The molecule has 93 valence electrons. The van der Waals surface area contributed by atoms with E-state index in [1.807, 2.05) is 0 Å². The van der Waals surface area contributed by atoms with Crippen molar-refractivity contribution in [3.63, 3.8) is 0 Å². The zero-order valence-electron chi connectivity index (χ0n) is 10.4. The van der Waals surface area contributed by atoms with Crippen LogP contribution in [0.1, 0.15) is 18.4 Å². The van der Waals surface area contributed by atoms with Crippen LogP contribution in [-0.4, -0.2) is 22.9 Å². The molecular formula is C16H18NO. The van der Waals surface area contributed by atoms with Gasteiger partial charge in [-0.15, -0.1) is 0 Å². The third-order valence-corrected chi connectivity index (χ3v) is 3.80. The molecule has 0 bridgehead atoms. The first kappa shape index (κ1) is 11.7. The normalized spacial score (nSPS) is 20.6. The van der Waals surface area contributed by atoms with Crippen LogP contribution in [0.4, 0.5) is 0 Å². The summed E-state index contributed by atoms with van der Waals surface area (Å²) in [5.74, 6) is 0. The van der Waals surface area contributed by atoms with Gasteiger partial charge < -0.3 is 5.21 Å². The predicted molar refractivity (Wildman–Crippen MR) is 73.5 cm³/mol. The average molecular weight is 240 g/mol. The minimum absolute atomic E-state index is 0.295. The molecule has 1 radical (unpaired) electrons. The maximum Gasteiger partial charge on any atom is 0.0356 e. The third kappa shape index (κ3) is 2.26. The van der Waals surface area contributed by atoms with Crippen molar-refractivity contribution in [2.75, 3.05) is 6.54 Å². The minimum Gasteiger partial charge on any atom is -0.314 e. The molecule has 1 aliphatic rings. The Labute approximate surface area is 108 Å². The zero-order valence-corrected chi connectivity index (χ0v) is 10.4. The molecular weight excluding hydrogens is 222 g/mol. The summed E-state index contributed by atoms with van der Waals surface area (Å²) in [6.07, 6.45) is 5.19. The highest BCUT2D eigenvalue weighted by atomic mass is 16.5. The first-order chi connectivity index (χ1) is 8.84. The van der Waals surface area contributed by atoms with Crippen molar-refractivity contribution in [2.45, 2.75) is 25.3 Å². The topological polar surface area (TPSA) is 23.5 Å². The summed E-state index contributed by atoms with van der Waals surface area (Å²) in [6.45, 7) is 0.709. The number of hydrogen-bond donors (Lipinski definition) is 1. The predicted octanol–water partition coefficient (Wildman–Crippen LogP) is 3.44. The van der Waals surface area contributed by atoms with Gasteiger partial charge in [0.2, 0.25) is 0 Å². The monoisotopic (exact) mass is 240 g/mol. The van der Waals surface area contributed by atoms with E-state index in [0.717, 1.165) is 19.3 Å². The molecule has 1 N–H and O–H groups in total. The van der Waals surface area contributed by atoms with E-state index < -0.39 is 0 Å². The van der Waals surface area contributed by atoms with E-state index in [9.17, 15) is 5.21 Å². The van der Waals surface area contributed by atoms with Crippen molar-refractivity contribution in [3.8, 4) is 0 Å². The van der Waals surface area contributed by atoms with Crippen molar-refractivity contribution < 1.29 is 5.21 Å². The largest absolute Gasteiger partial charge is 0.314 e. The smallest absolute Gasteiger partial charge is 0.0356 e. The van der Waals surface area contributed by atoms with E-state index in [0.29, 0.717) is 12.6 Å². The Morgan fingerprint density at radius 3 is 2.78 bits per heavy atom. The molecule has 2 aromatic carbocycles. The van der Waals surface area contributed by atoms with Gasteiger partial charge in [0.1, 0.15) is 0 Å². The van der Waals surface area contributed by atoms with Gasteiger partial charge in [-0.05, 0) is 42.0 Å². The Bertz CT molecular complexity index is 532. The summed E-state index contributed by atoms with van der Waals surface area (Å²) >= 11 is 0. The first-order valence-electron chi connectivity index (χ1n) is 6.58. The van der Waals surface area contributed by atoms with E-state index in [1.54, 1.807) is 0 Å². The van der Waals surface area contributed by atoms with Crippen LogP contribution in [0.2, 0.25) is 0 Å². The Kier molecular flexibility index (Phi) is 3.31. The van der Waals surface area contributed by atoms with Gasteiger partial charge in [0.15, 0.2) is 0 Å². The molecule has 1 unspecified atom stereocenters. The lowest BCUT2D eigenvalue weighted by Gasteiger charge is -2.17. The molecule has 0 spiro atoms. The number of fused-ring (bicyclic) bond motifs is 1. The van der Waals surface area contributed by atoms with Crippen molar-refractivity contribution in [2.24, 2.45) is 0 Å². The lowest BCUT2D eigenvalue weighted by atomic mass is 9.98. The maximum absolute atomic E-state index is 9.68. The molecule has 0 aromatic heterocycles. The second-order valence-corrected chi connectivity index (χ2v) is 4.98. The van der Waals surface area contributed by atoms with E-state index >= 15 is 0 Å². The van der Waals surface area contributed by atoms with Gasteiger partial charge in [0.05, 0.1) is 0 Å². The van der Waals surface area contributed by atoms with E-state index in [1.165, 1.54) is 21.4 Å². The van der Waals surface area contributed by atoms with Crippen LogP contribution in [0.3, 0.4) is 0 Å². The van der Waals surface area contributed by atoms with Crippen molar-refractivity contribution in [1.29, 1.82) is 0 Å². The van der Waals surface area contributed by atoms with Crippen LogP contribution in [0.25, 0.3) is 10.8 Å². The molecule has 18 heavy (non-hydrogen) atoms. The number of hydrogen-bond acceptors (Lipinski definition) is 2. The Hall–Kier alpha value is -1.38. The number of hydroxylamine groups is 2. The molecule has 0 saturated carbocycles. The standard InChI is InChI=1S/C16H18NO/c18-17-12-4-8-15(17)11-10-14-7-3-6-13-5-1-2-9-16(13)14/h1-7,9,15,18H,8,10-12H2. The van der Waals surface area contributed by atoms with Crippen molar-refractivity contribution >= 4 is 10.8 Å². The molecule has 1 atom stereocenters. The molecule has 3 rings (SSSR count). The molecule has 2 aromatic rings. The summed E-state index contributed by atoms with van der Waals surface area (Å²) in [5, 5.41) is 13.8. The van der Waals surface area contributed by atoms with Crippen LogP contribution < -0.4 is 0 Å². The van der Waals surface area contributed by atoms with Gasteiger partial charge in [-0.2, -0.15) is 5.06 Å². The second kappa shape index (κ2) is 5.09. The number of nitrogens with zero attached hydrogens (tertiary/aromatic N) is 1. The molecule has 0 amide bonds. The molecule has 1 fully saturated rings. The van der Waals surface area contributed by atoms with Gasteiger partial charge in [-0.1, -0.05) is 42.5 Å². The maximum atomic E-state index is 9.68. The zero-order chi connectivity index (χ0) is 12.4. The Balaban J connectivity index is 1.78. The highest BCUT2D eigenvalue weighted by molar-refractivity contribution is 5.85. The van der Waals surface area contributed by atoms with Crippen LogP contribution in [0.15, 0.2) is 42.5 Å². The SMILES string of the molecule is ON1C[CH]CC1CCc1cccc2ccccc12. The number of aryl methyl sites for hydroxylation is 1. The lowest BCUT2D eigenvalue weighted by Crippen LogP contribution is -2.25. The Morgan fingerprint density at radius 1 is 1.11 bits per heavy atom. The molecule has 2 heteroatoms. The van der Waals surface area contributed by atoms with Crippen LogP contribution in [0, 0.1) is 6.42 Å². The molecule has 1 heterocycles. The summed E-state index contributed by atoms with van der Waals surface area (Å²) in [4.78, 5) is 0. The first-order valence-corrected chi connectivity index (χ1v) is 6.58. The fourth-order valence-electron chi connectivity index (χ4n) is 2.77. The quantitative estimate of drug-likeness (QED) is 0.888.